The third-order valence-electron chi connectivity index (χ3n) is 6.80. The minimum Gasteiger partial charge on any atom is -0.387 e. The molecule has 21 heavy (non-hydrogen) atoms. The molecule has 2 unspecified atom stereocenters. The van der Waals surface area contributed by atoms with Crippen molar-refractivity contribution in [3.05, 3.63) is 18.2 Å². The van der Waals surface area contributed by atoms with E-state index in [1.807, 2.05) is 12.4 Å². The largest absolute Gasteiger partial charge is 0.387 e. The first kappa shape index (κ1) is 13.4. The summed E-state index contributed by atoms with van der Waals surface area (Å²) in [6.45, 7) is 4.36. The van der Waals surface area contributed by atoms with Crippen molar-refractivity contribution in [2.75, 3.05) is 0 Å². The van der Waals surface area contributed by atoms with Gasteiger partial charge in [-0.05, 0) is 55.8 Å². The van der Waals surface area contributed by atoms with E-state index in [9.17, 15) is 0 Å². The van der Waals surface area contributed by atoms with Crippen LogP contribution in [0.1, 0.15) is 51.8 Å². The fourth-order valence-electron chi connectivity index (χ4n) is 6.23. The molecule has 0 amide bonds. The van der Waals surface area contributed by atoms with Crippen molar-refractivity contribution in [3.8, 4) is 0 Å². The molecule has 4 aliphatic rings. The van der Waals surface area contributed by atoms with Gasteiger partial charge in [-0.3, -0.25) is 5.41 Å². The molecule has 1 aromatic heterocycles. The molecule has 4 heteroatoms. The summed E-state index contributed by atoms with van der Waals surface area (Å²) in [5.41, 5.74) is 6.06. The molecule has 1 aromatic rings. The van der Waals surface area contributed by atoms with Crippen LogP contribution in [0, 0.1) is 34.5 Å². The number of hydrogen-bond acceptors (Lipinski definition) is 2. The smallest absolute Gasteiger partial charge is 0.112 e. The van der Waals surface area contributed by atoms with Crippen LogP contribution in [0.15, 0.2) is 12.4 Å². The molecular weight excluding hydrogens is 260 g/mol. The maximum atomic E-state index is 8.02. The van der Waals surface area contributed by atoms with Crippen molar-refractivity contribution in [3.63, 3.8) is 0 Å². The molecule has 4 bridgehead atoms. The van der Waals surface area contributed by atoms with Crippen LogP contribution in [-0.4, -0.2) is 15.8 Å². The Morgan fingerprint density at radius 3 is 2.52 bits per heavy atom. The van der Waals surface area contributed by atoms with E-state index >= 15 is 0 Å². The zero-order valence-electron chi connectivity index (χ0n) is 13.0. The van der Waals surface area contributed by atoms with Crippen LogP contribution in [0.25, 0.3) is 0 Å². The first-order chi connectivity index (χ1) is 9.92. The van der Waals surface area contributed by atoms with Crippen molar-refractivity contribution < 1.29 is 0 Å². The summed E-state index contributed by atoms with van der Waals surface area (Å²) < 4.78 is 0. The zero-order chi connectivity index (χ0) is 14.8. The fraction of sp³-hybridized carbons (Fsp3) is 0.765. The number of aromatic nitrogens is 2. The predicted octanol–water partition coefficient (Wildman–Crippen LogP) is 3.07. The highest BCUT2D eigenvalue weighted by Gasteiger charge is 2.60. The van der Waals surface area contributed by atoms with E-state index in [4.69, 9.17) is 11.1 Å². The molecule has 0 radical (unpaired) electrons. The molecule has 2 atom stereocenters. The fourth-order valence-corrected chi connectivity index (χ4v) is 6.23. The van der Waals surface area contributed by atoms with E-state index in [0.29, 0.717) is 23.6 Å². The Balaban J connectivity index is 1.71. The number of nitrogens with one attached hydrogen (secondary N) is 2. The molecule has 5 rings (SSSR count). The summed E-state index contributed by atoms with van der Waals surface area (Å²) in [6, 6.07) is 0. The van der Waals surface area contributed by atoms with Gasteiger partial charge in [0.05, 0.1) is 5.84 Å². The first-order valence-corrected chi connectivity index (χ1v) is 8.27. The Hall–Kier alpha value is -1.32. The van der Waals surface area contributed by atoms with Gasteiger partial charge in [0, 0.05) is 23.2 Å². The monoisotopic (exact) mass is 286 g/mol. The number of nitrogens with two attached hydrogens (primary N) is 1. The molecule has 0 spiro atoms. The van der Waals surface area contributed by atoms with Gasteiger partial charge in [-0.15, -0.1) is 0 Å². The van der Waals surface area contributed by atoms with Gasteiger partial charge >= 0.3 is 0 Å². The van der Waals surface area contributed by atoms with Gasteiger partial charge in [0.2, 0.25) is 0 Å². The molecule has 0 aromatic carbocycles. The molecule has 1 heterocycles. The number of H-pyrrole nitrogens is 1. The van der Waals surface area contributed by atoms with Crippen LogP contribution in [-0.2, 0) is 5.41 Å². The molecular formula is C17H26N4. The second-order valence-corrected chi connectivity index (χ2v) is 8.35. The summed E-state index contributed by atoms with van der Waals surface area (Å²) in [6.07, 6.45) is 10.3. The number of hydrogen-bond donors (Lipinski definition) is 3. The van der Waals surface area contributed by atoms with Gasteiger partial charge in [0.1, 0.15) is 5.82 Å². The summed E-state index contributed by atoms with van der Waals surface area (Å²) in [5, 5.41) is 8.02. The lowest BCUT2D eigenvalue weighted by molar-refractivity contribution is -0.0876. The summed E-state index contributed by atoms with van der Waals surface area (Å²) in [4.78, 5) is 8.00. The maximum Gasteiger partial charge on any atom is 0.112 e. The summed E-state index contributed by atoms with van der Waals surface area (Å²) >= 11 is 0. The molecule has 0 saturated heterocycles. The van der Waals surface area contributed by atoms with Crippen LogP contribution >= 0.6 is 0 Å². The van der Waals surface area contributed by atoms with Crippen molar-refractivity contribution in [1.29, 1.82) is 5.41 Å². The Bertz CT molecular complexity index is 543. The third-order valence-corrected chi connectivity index (χ3v) is 6.80. The van der Waals surface area contributed by atoms with Crippen molar-refractivity contribution in [2.24, 2.45) is 34.8 Å². The molecule has 4 fully saturated rings. The van der Waals surface area contributed by atoms with Crippen molar-refractivity contribution >= 4 is 5.84 Å². The van der Waals surface area contributed by atoms with Crippen LogP contribution in [0.4, 0.5) is 0 Å². The molecule has 4 aliphatic carbocycles. The molecule has 114 valence electrons. The number of aromatic amines is 1. The second kappa shape index (κ2) is 4.11. The lowest BCUT2D eigenvalue weighted by atomic mass is 9.42. The highest BCUT2D eigenvalue weighted by atomic mass is 14.9. The standard InChI is InChI=1S/C17H26N4/c1-16(2,14(18)19)13-11-5-10-6-12(13)9-17(7-10,8-11)15-20-3-4-21-15/h3-4,10-13H,5-9H2,1-2H3,(H3,18,19)(H,20,21). The SMILES string of the molecule is CC(C)(C(=N)N)C1C2CC3CC1CC(c1ncc[nH]1)(C3)C2. The van der Waals surface area contributed by atoms with Crippen LogP contribution in [0.3, 0.4) is 0 Å². The number of amidine groups is 1. The van der Waals surface area contributed by atoms with Gasteiger partial charge in [0.25, 0.3) is 0 Å². The Kier molecular flexibility index (Phi) is 2.61. The van der Waals surface area contributed by atoms with Gasteiger partial charge in [-0.2, -0.15) is 0 Å². The lowest BCUT2D eigenvalue weighted by Crippen LogP contribution is -2.58. The Labute approximate surface area is 126 Å². The lowest BCUT2D eigenvalue weighted by Gasteiger charge is -2.62. The zero-order valence-corrected chi connectivity index (χ0v) is 13.0. The van der Waals surface area contributed by atoms with E-state index in [2.05, 4.69) is 23.8 Å². The minimum atomic E-state index is -0.160. The van der Waals surface area contributed by atoms with E-state index in [0.717, 1.165) is 5.92 Å². The second-order valence-electron chi connectivity index (χ2n) is 8.35. The maximum absolute atomic E-state index is 8.02. The molecule has 4 nitrogen and oxygen atoms in total. The van der Waals surface area contributed by atoms with Crippen molar-refractivity contribution in [2.45, 2.75) is 51.4 Å². The Morgan fingerprint density at radius 2 is 2.00 bits per heavy atom. The number of rotatable bonds is 3. The highest BCUT2D eigenvalue weighted by Crippen LogP contribution is 2.65. The summed E-state index contributed by atoms with van der Waals surface area (Å²) in [7, 11) is 0. The van der Waals surface area contributed by atoms with E-state index in [1.165, 1.54) is 37.9 Å². The van der Waals surface area contributed by atoms with Crippen LogP contribution < -0.4 is 5.73 Å². The first-order valence-electron chi connectivity index (χ1n) is 8.27. The van der Waals surface area contributed by atoms with E-state index in [-0.39, 0.29) is 10.8 Å². The quantitative estimate of drug-likeness (QED) is 0.590. The van der Waals surface area contributed by atoms with Crippen molar-refractivity contribution in [1.82, 2.24) is 9.97 Å². The van der Waals surface area contributed by atoms with Gasteiger partial charge in [-0.25, -0.2) is 4.98 Å². The van der Waals surface area contributed by atoms with Gasteiger partial charge in [-0.1, -0.05) is 13.8 Å². The molecule has 0 aliphatic heterocycles. The van der Waals surface area contributed by atoms with Crippen LogP contribution in [0.2, 0.25) is 0 Å². The van der Waals surface area contributed by atoms with Gasteiger partial charge < -0.3 is 10.7 Å². The number of nitrogens with zero attached hydrogens (tertiary/aromatic N) is 1. The van der Waals surface area contributed by atoms with E-state index < -0.39 is 0 Å². The highest BCUT2D eigenvalue weighted by molar-refractivity contribution is 5.83. The minimum absolute atomic E-state index is 0.160. The summed E-state index contributed by atoms with van der Waals surface area (Å²) in [5.74, 6) is 4.43. The Morgan fingerprint density at radius 1 is 1.33 bits per heavy atom. The number of imidazole rings is 1. The van der Waals surface area contributed by atoms with E-state index in [1.54, 1.807) is 0 Å². The average Bonchev–Trinajstić information content (AvgIpc) is 2.91. The third kappa shape index (κ3) is 1.74. The predicted molar refractivity (Wildman–Crippen MR) is 83.0 cm³/mol. The average molecular weight is 286 g/mol. The topological polar surface area (TPSA) is 78.6 Å². The van der Waals surface area contributed by atoms with Gasteiger partial charge in [0.15, 0.2) is 0 Å². The molecule has 4 N–H and O–H groups in total. The van der Waals surface area contributed by atoms with Crippen LogP contribution in [0.5, 0.6) is 0 Å². The normalized spacial score (nSPS) is 41.4. The molecule has 4 saturated carbocycles.